The van der Waals surface area contributed by atoms with Crippen LogP contribution >= 0.6 is 0 Å². The normalized spacial score (nSPS) is 10.7. The predicted octanol–water partition coefficient (Wildman–Crippen LogP) is 2.06. The highest BCUT2D eigenvalue weighted by Crippen LogP contribution is 2.25. The molecule has 0 aliphatic carbocycles. The fourth-order valence-electron chi connectivity index (χ4n) is 1.22. The van der Waals surface area contributed by atoms with Crippen molar-refractivity contribution in [2.75, 3.05) is 5.73 Å². The minimum Gasteiger partial charge on any atom is -0.397 e. The first-order chi connectivity index (χ1) is 7.68. The minimum absolute atomic E-state index is 0.0327. The Labute approximate surface area is 90.2 Å². The molecule has 16 heavy (non-hydrogen) atoms. The number of rotatable bonds is 2. The Morgan fingerprint density at radius 3 is 2.44 bits per heavy atom. The van der Waals surface area contributed by atoms with Crippen LogP contribution < -0.4 is 5.73 Å². The first kappa shape index (κ1) is 10.4. The number of hydrogen-bond donors (Lipinski definition) is 1. The summed E-state index contributed by atoms with van der Waals surface area (Å²) >= 11 is 0. The van der Waals surface area contributed by atoms with E-state index >= 15 is 0 Å². The van der Waals surface area contributed by atoms with E-state index in [0.29, 0.717) is 5.82 Å². The number of nitrogens with two attached hydrogens (primary N) is 1. The number of nitrogen functional groups attached to an aromatic ring is 1. The summed E-state index contributed by atoms with van der Waals surface area (Å²) in [5, 5.41) is 0. The molecule has 2 aromatic rings. The number of alkyl halides is 2. The van der Waals surface area contributed by atoms with Crippen molar-refractivity contribution in [3.8, 4) is 11.5 Å². The van der Waals surface area contributed by atoms with Gasteiger partial charge in [0.05, 0.1) is 5.69 Å². The quantitative estimate of drug-likeness (QED) is 0.844. The molecule has 0 atom stereocenters. The molecule has 0 spiro atoms. The third-order valence-electron chi connectivity index (χ3n) is 1.96. The van der Waals surface area contributed by atoms with Crippen molar-refractivity contribution in [2.24, 2.45) is 0 Å². The summed E-state index contributed by atoms with van der Waals surface area (Å²) in [4.78, 5) is 11.6. The molecule has 2 aromatic heterocycles. The van der Waals surface area contributed by atoms with E-state index in [2.05, 4.69) is 15.0 Å². The van der Waals surface area contributed by atoms with E-state index in [1.807, 2.05) is 0 Å². The van der Waals surface area contributed by atoms with Crippen LogP contribution in [0.5, 0.6) is 0 Å². The number of nitrogens with zero attached hydrogens (tertiary/aromatic N) is 3. The van der Waals surface area contributed by atoms with Crippen molar-refractivity contribution in [2.45, 2.75) is 6.43 Å². The fraction of sp³-hybridized carbons (Fsp3) is 0.100. The SMILES string of the molecule is Nc1ccc(-c2ncccn2)nc1C(F)F. The molecule has 0 aliphatic heterocycles. The van der Waals surface area contributed by atoms with Gasteiger partial charge in [0.15, 0.2) is 5.82 Å². The zero-order chi connectivity index (χ0) is 11.5. The van der Waals surface area contributed by atoms with Gasteiger partial charge >= 0.3 is 0 Å². The summed E-state index contributed by atoms with van der Waals surface area (Å²) < 4.78 is 25.1. The molecule has 6 heteroatoms. The standard InChI is InChI=1S/C10H8F2N4/c11-9(12)8-6(13)2-3-7(16-8)10-14-4-1-5-15-10/h1-5,9H,13H2. The van der Waals surface area contributed by atoms with Gasteiger partial charge in [0, 0.05) is 12.4 Å². The summed E-state index contributed by atoms with van der Waals surface area (Å²) in [7, 11) is 0. The molecule has 0 saturated heterocycles. The van der Waals surface area contributed by atoms with E-state index in [1.54, 1.807) is 6.07 Å². The Morgan fingerprint density at radius 1 is 1.12 bits per heavy atom. The van der Waals surface area contributed by atoms with Crippen molar-refractivity contribution in [3.05, 3.63) is 36.3 Å². The summed E-state index contributed by atoms with van der Waals surface area (Å²) in [6.07, 6.45) is 0.328. The molecule has 0 aromatic carbocycles. The van der Waals surface area contributed by atoms with Crippen molar-refractivity contribution >= 4 is 5.69 Å². The van der Waals surface area contributed by atoms with Gasteiger partial charge in [-0.2, -0.15) is 0 Å². The highest BCUT2D eigenvalue weighted by molar-refractivity contribution is 5.55. The molecule has 2 heterocycles. The first-order valence-electron chi connectivity index (χ1n) is 4.50. The summed E-state index contributed by atoms with van der Waals surface area (Å²) in [5.41, 5.74) is 5.20. The zero-order valence-corrected chi connectivity index (χ0v) is 8.14. The Balaban J connectivity index is 2.48. The van der Waals surface area contributed by atoms with Crippen LogP contribution in [0.3, 0.4) is 0 Å². The van der Waals surface area contributed by atoms with Crippen LogP contribution in [0.15, 0.2) is 30.6 Å². The van der Waals surface area contributed by atoms with Crippen molar-refractivity contribution in [1.29, 1.82) is 0 Å². The van der Waals surface area contributed by atoms with Gasteiger partial charge in [-0.3, -0.25) is 0 Å². The highest BCUT2D eigenvalue weighted by Gasteiger charge is 2.15. The lowest BCUT2D eigenvalue weighted by molar-refractivity contribution is 0.147. The minimum atomic E-state index is -2.70. The number of halogens is 2. The molecule has 0 amide bonds. The van der Waals surface area contributed by atoms with Gasteiger partial charge in [-0.25, -0.2) is 23.7 Å². The third kappa shape index (κ3) is 1.95. The van der Waals surface area contributed by atoms with E-state index in [-0.39, 0.29) is 11.4 Å². The molecular weight excluding hydrogens is 214 g/mol. The van der Waals surface area contributed by atoms with Crippen LogP contribution in [0.2, 0.25) is 0 Å². The lowest BCUT2D eigenvalue weighted by Crippen LogP contribution is -2.00. The third-order valence-corrected chi connectivity index (χ3v) is 1.96. The number of pyridine rings is 1. The summed E-state index contributed by atoms with van der Waals surface area (Å²) in [6, 6.07) is 4.52. The number of anilines is 1. The van der Waals surface area contributed by atoms with Crippen LogP contribution in [-0.2, 0) is 0 Å². The highest BCUT2D eigenvalue weighted by atomic mass is 19.3. The largest absolute Gasteiger partial charge is 0.397 e. The Morgan fingerprint density at radius 2 is 1.81 bits per heavy atom. The molecule has 2 N–H and O–H groups in total. The van der Waals surface area contributed by atoms with Crippen LogP contribution in [0.1, 0.15) is 12.1 Å². The molecule has 82 valence electrons. The number of aromatic nitrogens is 3. The Kier molecular flexibility index (Phi) is 2.72. The van der Waals surface area contributed by atoms with E-state index < -0.39 is 12.1 Å². The first-order valence-corrected chi connectivity index (χ1v) is 4.50. The molecule has 2 rings (SSSR count). The van der Waals surface area contributed by atoms with E-state index in [9.17, 15) is 8.78 Å². The average Bonchev–Trinajstić information content (AvgIpc) is 2.30. The van der Waals surface area contributed by atoms with E-state index in [1.165, 1.54) is 24.5 Å². The molecule has 0 fully saturated rings. The van der Waals surface area contributed by atoms with Gasteiger partial charge in [-0.05, 0) is 18.2 Å². The van der Waals surface area contributed by atoms with Crippen LogP contribution in [-0.4, -0.2) is 15.0 Å². The van der Waals surface area contributed by atoms with Gasteiger partial charge < -0.3 is 5.73 Å². The molecule has 0 aliphatic rings. The lowest BCUT2D eigenvalue weighted by Gasteiger charge is -2.05. The van der Waals surface area contributed by atoms with Gasteiger partial charge in [0.2, 0.25) is 0 Å². The average molecular weight is 222 g/mol. The van der Waals surface area contributed by atoms with Gasteiger partial charge in [0.1, 0.15) is 11.4 Å². The zero-order valence-electron chi connectivity index (χ0n) is 8.14. The van der Waals surface area contributed by atoms with Crippen molar-refractivity contribution < 1.29 is 8.78 Å². The summed E-state index contributed by atoms with van der Waals surface area (Å²) in [6.45, 7) is 0. The Hall–Kier alpha value is -2.11. The van der Waals surface area contributed by atoms with E-state index in [0.717, 1.165) is 0 Å². The maximum atomic E-state index is 12.5. The van der Waals surface area contributed by atoms with Gasteiger partial charge in [-0.1, -0.05) is 0 Å². The molecule has 0 bridgehead atoms. The molecule has 0 saturated carbocycles. The fourth-order valence-corrected chi connectivity index (χ4v) is 1.22. The van der Waals surface area contributed by atoms with Crippen LogP contribution in [0, 0.1) is 0 Å². The summed E-state index contributed by atoms with van der Waals surface area (Å²) in [5.74, 6) is 0.296. The molecular formula is C10H8F2N4. The monoisotopic (exact) mass is 222 g/mol. The predicted molar refractivity (Wildman–Crippen MR) is 54.6 cm³/mol. The second-order valence-electron chi connectivity index (χ2n) is 3.04. The van der Waals surface area contributed by atoms with Crippen molar-refractivity contribution in [1.82, 2.24) is 15.0 Å². The maximum absolute atomic E-state index is 12.5. The molecule has 0 radical (unpaired) electrons. The van der Waals surface area contributed by atoms with Crippen LogP contribution in [0.25, 0.3) is 11.5 Å². The topological polar surface area (TPSA) is 64.7 Å². The van der Waals surface area contributed by atoms with Crippen LogP contribution in [0.4, 0.5) is 14.5 Å². The van der Waals surface area contributed by atoms with Crippen molar-refractivity contribution in [3.63, 3.8) is 0 Å². The van der Waals surface area contributed by atoms with Gasteiger partial charge in [0.25, 0.3) is 6.43 Å². The Bertz CT molecular complexity index is 487. The number of hydrogen-bond acceptors (Lipinski definition) is 4. The van der Waals surface area contributed by atoms with E-state index in [4.69, 9.17) is 5.73 Å². The smallest absolute Gasteiger partial charge is 0.282 e. The second kappa shape index (κ2) is 4.18. The molecule has 4 nitrogen and oxygen atoms in total. The molecule has 0 unspecified atom stereocenters. The second-order valence-corrected chi connectivity index (χ2v) is 3.04. The van der Waals surface area contributed by atoms with Gasteiger partial charge in [-0.15, -0.1) is 0 Å². The maximum Gasteiger partial charge on any atom is 0.282 e. The lowest BCUT2D eigenvalue weighted by atomic mass is 10.2.